The quantitative estimate of drug-likeness (QED) is 0.648. The highest BCUT2D eigenvalue weighted by Crippen LogP contribution is 2.14. The lowest BCUT2D eigenvalue weighted by atomic mass is 10.3. The third-order valence-corrected chi connectivity index (χ3v) is 2.75. The van der Waals surface area contributed by atoms with Gasteiger partial charge in [-0.3, -0.25) is 4.79 Å². The first kappa shape index (κ1) is 18.2. The van der Waals surface area contributed by atoms with E-state index in [1.807, 2.05) is 24.3 Å². The standard InChI is InChI=1S/C12H18BrN3O2.ClH/c1-18-8-11(14)12(17)16-6-5-15-10-4-2-3-9(13)7-10;/h2-4,7,11,15H,5-6,8,14H2,1H3,(H,16,17);1H. The normalized spacial score (nSPS) is 11.3. The molecule has 0 aromatic heterocycles. The van der Waals surface area contributed by atoms with Crippen molar-refractivity contribution in [2.75, 3.05) is 32.1 Å². The molecule has 0 aliphatic heterocycles. The van der Waals surface area contributed by atoms with Gasteiger partial charge in [0.2, 0.25) is 5.91 Å². The molecule has 5 nitrogen and oxygen atoms in total. The molecule has 1 aromatic carbocycles. The van der Waals surface area contributed by atoms with Crippen LogP contribution in [0.3, 0.4) is 0 Å². The van der Waals surface area contributed by atoms with Crippen LogP contribution in [0, 0.1) is 0 Å². The predicted molar refractivity (Wildman–Crippen MR) is 82.7 cm³/mol. The smallest absolute Gasteiger partial charge is 0.239 e. The highest BCUT2D eigenvalue weighted by Gasteiger charge is 2.11. The summed E-state index contributed by atoms with van der Waals surface area (Å²) < 4.78 is 5.82. The van der Waals surface area contributed by atoms with E-state index in [4.69, 9.17) is 10.5 Å². The molecule has 1 unspecified atom stereocenters. The number of ether oxygens (including phenoxy) is 1. The van der Waals surface area contributed by atoms with Crippen molar-refractivity contribution in [1.29, 1.82) is 0 Å². The van der Waals surface area contributed by atoms with Crippen LogP contribution in [0.25, 0.3) is 0 Å². The molecule has 0 radical (unpaired) electrons. The Morgan fingerprint density at radius 3 is 2.84 bits per heavy atom. The van der Waals surface area contributed by atoms with Crippen LogP contribution >= 0.6 is 28.3 Å². The minimum absolute atomic E-state index is 0. The van der Waals surface area contributed by atoms with Gasteiger partial charge in [0.25, 0.3) is 0 Å². The molecule has 0 saturated carbocycles. The molecule has 0 fully saturated rings. The summed E-state index contributed by atoms with van der Waals surface area (Å²) in [4.78, 5) is 11.4. The summed E-state index contributed by atoms with van der Waals surface area (Å²) in [6.07, 6.45) is 0. The van der Waals surface area contributed by atoms with Crippen LogP contribution in [0.2, 0.25) is 0 Å². The number of methoxy groups -OCH3 is 1. The Balaban J connectivity index is 0.00000324. The molecule has 0 saturated heterocycles. The van der Waals surface area contributed by atoms with E-state index in [1.165, 1.54) is 7.11 Å². The molecule has 19 heavy (non-hydrogen) atoms. The number of halogens is 2. The van der Waals surface area contributed by atoms with Crippen LogP contribution in [0.15, 0.2) is 28.7 Å². The second-order valence-corrected chi connectivity index (χ2v) is 4.71. The number of rotatable bonds is 7. The average molecular weight is 353 g/mol. The Kier molecular flexibility index (Phi) is 9.59. The van der Waals surface area contributed by atoms with Crippen molar-refractivity contribution in [3.05, 3.63) is 28.7 Å². The van der Waals surface area contributed by atoms with E-state index < -0.39 is 6.04 Å². The summed E-state index contributed by atoms with van der Waals surface area (Å²) in [6.45, 7) is 1.38. The van der Waals surface area contributed by atoms with Gasteiger partial charge >= 0.3 is 0 Å². The number of nitrogens with one attached hydrogen (secondary N) is 2. The van der Waals surface area contributed by atoms with Crippen molar-refractivity contribution in [3.63, 3.8) is 0 Å². The predicted octanol–water partition coefficient (Wildman–Crippen LogP) is 1.37. The van der Waals surface area contributed by atoms with Gasteiger partial charge in [-0.15, -0.1) is 12.4 Å². The zero-order valence-electron chi connectivity index (χ0n) is 10.7. The second kappa shape index (κ2) is 10.0. The highest BCUT2D eigenvalue weighted by molar-refractivity contribution is 9.10. The van der Waals surface area contributed by atoms with Gasteiger partial charge < -0.3 is 21.1 Å². The van der Waals surface area contributed by atoms with Crippen molar-refractivity contribution in [2.24, 2.45) is 5.73 Å². The average Bonchev–Trinajstić information content (AvgIpc) is 2.35. The van der Waals surface area contributed by atoms with Crippen LogP contribution in [0.4, 0.5) is 5.69 Å². The summed E-state index contributed by atoms with van der Waals surface area (Å²) >= 11 is 3.39. The maximum atomic E-state index is 11.4. The molecule has 1 rings (SSSR count). The molecule has 0 bridgehead atoms. The maximum Gasteiger partial charge on any atom is 0.239 e. The van der Waals surface area contributed by atoms with Crippen molar-refractivity contribution in [1.82, 2.24) is 5.32 Å². The summed E-state index contributed by atoms with van der Waals surface area (Å²) in [6, 6.07) is 7.22. The molecule has 0 aliphatic carbocycles. The number of benzene rings is 1. The lowest BCUT2D eigenvalue weighted by Gasteiger charge is -2.12. The Morgan fingerprint density at radius 2 is 2.21 bits per heavy atom. The van der Waals surface area contributed by atoms with Gasteiger partial charge in [-0.1, -0.05) is 22.0 Å². The summed E-state index contributed by atoms with van der Waals surface area (Å²) in [7, 11) is 1.52. The van der Waals surface area contributed by atoms with Crippen LogP contribution in [-0.2, 0) is 9.53 Å². The van der Waals surface area contributed by atoms with Crippen molar-refractivity contribution < 1.29 is 9.53 Å². The Morgan fingerprint density at radius 1 is 1.47 bits per heavy atom. The number of carbonyl (C=O) groups is 1. The number of hydrogen-bond acceptors (Lipinski definition) is 4. The van der Waals surface area contributed by atoms with Crippen LogP contribution in [0.1, 0.15) is 0 Å². The van der Waals surface area contributed by atoms with Crippen molar-refractivity contribution >= 4 is 39.9 Å². The van der Waals surface area contributed by atoms with Gasteiger partial charge in [-0.05, 0) is 18.2 Å². The Hall–Kier alpha value is -0.820. The number of hydrogen-bond donors (Lipinski definition) is 3. The lowest BCUT2D eigenvalue weighted by molar-refractivity contribution is -0.123. The van der Waals surface area contributed by atoms with Gasteiger partial charge in [0.15, 0.2) is 0 Å². The third kappa shape index (κ3) is 7.37. The van der Waals surface area contributed by atoms with Crippen LogP contribution < -0.4 is 16.4 Å². The Labute approximate surface area is 127 Å². The fraction of sp³-hybridized carbons (Fsp3) is 0.417. The maximum absolute atomic E-state index is 11.4. The molecule has 108 valence electrons. The minimum Gasteiger partial charge on any atom is -0.383 e. The fourth-order valence-corrected chi connectivity index (χ4v) is 1.78. The summed E-state index contributed by atoms with van der Waals surface area (Å²) in [5.41, 5.74) is 6.58. The summed E-state index contributed by atoms with van der Waals surface area (Å²) in [5, 5.41) is 5.93. The topological polar surface area (TPSA) is 76.4 Å². The molecular weight excluding hydrogens is 334 g/mol. The van der Waals surface area contributed by atoms with Crippen LogP contribution in [-0.4, -0.2) is 38.8 Å². The minimum atomic E-state index is -0.610. The van der Waals surface area contributed by atoms with E-state index in [0.29, 0.717) is 13.1 Å². The van der Waals surface area contributed by atoms with E-state index in [9.17, 15) is 4.79 Å². The van der Waals surface area contributed by atoms with E-state index in [2.05, 4.69) is 26.6 Å². The van der Waals surface area contributed by atoms with E-state index in [-0.39, 0.29) is 24.9 Å². The molecule has 1 amide bonds. The molecule has 7 heteroatoms. The zero-order chi connectivity index (χ0) is 13.4. The molecule has 1 atom stereocenters. The Bertz CT molecular complexity index is 393. The van der Waals surface area contributed by atoms with Gasteiger partial charge in [0.1, 0.15) is 6.04 Å². The molecule has 4 N–H and O–H groups in total. The van der Waals surface area contributed by atoms with E-state index in [0.717, 1.165) is 10.2 Å². The largest absolute Gasteiger partial charge is 0.383 e. The first-order chi connectivity index (χ1) is 8.63. The van der Waals surface area contributed by atoms with Gasteiger partial charge in [0, 0.05) is 30.4 Å². The van der Waals surface area contributed by atoms with Crippen molar-refractivity contribution in [3.8, 4) is 0 Å². The van der Waals surface area contributed by atoms with Crippen LogP contribution in [0.5, 0.6) is 0 Å². The molecule has 1 aromatic rings. The van der Waals surface area contributed by atoms with E-state index in [1.54, 1.807) is 0 Å². The molecule has 0 spiro atoms. The SMILES string of the molecule is COCC(N)C(=O)NCCNc1cccc(Br)c1.Cl. The first-order valence-corrected chi connectivity index (χ1v) is 6.44. The number of anilines is 1. The summed E-state index contributed by atoms with van der Waals surface area (Å²) in [5.74, 6) is -0.201. The number of amides is 1. The first-order valence-electron chi connectivity index (χ1n) is 5.65. The molecule has 0 heterocycles. The fourth-order valence-electron chi connectivity index (χ4n) is 1.38. The monoisotopic (exact) mass is 351 g/mol. The van der Waals surface area contributed by atoms with Gasteiger partial charge in [-0.2, -0.15) is 0 Å². The van der Waals surface area contributed by atoms with Crippen molar-refractivity contribution in [2.45, 2.75) is 6.04 Å². The zero-order valence-corrected chi connectivity index (χ0v) is 13.1. The number of carbonyl (C=O) groups excluding carboxylic acids is 1. The van der Waals surface area contributed by atoms with Gasteiger partial charge in [0.05, 0.1) is 6.61 Å². The highest BCUT2D eigenvalue weighted by atomic mass is 79.9. The third-order valence-electron chi connectivity index (χ3n) is 2.26. The lowest BCUT2D eigenvalue weighted by Crippen LogP contribution is -2.44. The van der Waals surface area contributed by atoms with Gasteiger partial charge in [-0.25, -0.2) is 0 Å². The van der Waals surface area contributed by atoms with E-state index >= 15 is 0 Å². The second-order valence-electron chi connectivity index (χ2n) is 3.79. The molecule has 0 aliphatic rings. The molecular formula is C12H19BrClN3O2. The number of nitrogens with two attached hydrogens (primary N) is 1.